The van der Waals surface area contributed by atoms with Gasteiger partial charge in [-0.3, -0.25) is 4.79 Å². The number of para-hydroxylation sites is 1. The Morgan fingerprint density at radius 2 is 2.15 bits per heavy atom. The molecule has 0 spiro atoms. The van der Waals surface area contributed by atoms with Crippen LogP contribution >= 0.6 is 15.9 Å². The molecule has 0 radical (unpaired) electrons. The lowest BCUT2D eigenvalue weighted by molar-refractivity contribution is -0.122. The summed E-state index contributed by atoms with van der Waals surface area (Å²) < 4.78 is 3.01. The Bertz CT molecular complexity index is 618. The Kier molecular flexibility index (Phi) is 4.83. The summed E-state index contributed by atoms with van der Waals surface area (Å²) in [6.45, 7) is 4.15. The van der Waals surface area contributed by atoms with E-state index in [-0.39, 0.29) is 25.1 Å². The fourth-order valence-corrected chi connectivity index (χ4v) is 2.84. The van der Waals surface area contributed by atoms with E-state index in [1.165, 1.54) is 0 Å². The minimum atomic E-state index is -0.173. The molecule has 4 nitrogen and oxygen atoms in total. The van der Waals surface area contributed by atoms with Gasteiger partial charge in [-0.15, -0.1) is 0 Å². The predicted molar refractivity (Wildman–Crippen MR) is 83.7 cm³/mol. The van der Waals surface area contributed by atoms with Crippen molar-refractivity contribution in [1.82, 2.24) is 9.88 Å². The average Bonchev–Trinajstić information content (AvgIpc) is 2.70. The second-order valence-electron chi connectivity index (χ2n) is 4.86. The first-order chi connectivity index (χ1) is 9.58. The summed E-state index contributed by atoms with van der Waals surface area (Å²) >= 11 is 3.58. The van der Waals surface area contributed by atoms with Crippen molar-refractivity contribution < 1.29 is 9.90 Å². The van der Waals surface area contributed by atoms with E-state index in [2.05, 4.69) is 21.2 Å². The first-order valence-electron chi connectivity index (χ1n) is 6.72. The summed E-state index contributed by atoms with van der Waals surface area (Å²) in [7, 11) is 0. The Balaban J connectivity index is 2.26. The predicted octanol–water partition coefficient (Wildman–Crippen LogP) is 2.60. The minimum Gasteiger partial charge on any atom is -0.394 e. The molecule has 1 aromatic carbocycles. The number of aliphatic hydroxyl groups excluding tert-OH is 1. The number of fused-ring (bicyclic) bond motifs is 1. The van der Waals surface area contributed by atoms with E-state index in [0.717, 1.165) is 27.5 Å². The van der Waals surface area contributed by atoms with Crippen molar-refractivity contribution in [2.75, 3.05) is 6.61 Å². The van der Waals surface area contributed by atoms with Crippen LogP contribution in [0.4, 0.5) is 0 Å². The number of aliphatic hydroxyl groups is 1. The number of amides is 1. The van der Waals surface area contributed by atoms with Crippen molar-refractivity contribution in [1.29, 1.82) is 0 Å². The lowest BCUT2D eigenvalue weighted by atomic mass is 10.2. The molecular weight excluding hydrogens is 320 g/mol. The van der Waals surface area contributed by atoms with E-state index in [4.69, 9.17) is 5.11 Å². The number of benzene rings is 1. The molecule has 0 aliphatic carbocycles. The zero-order valence-corrected chi connectivity index (χ0v) is 13.3. The van der Waals surface area contributed by atoms with E-state index >= 15 is 0 Å². The highest BCUT2D eigenvalue weighted by molar-refractivity contribution is 9.10. The second-order valence-corrected chi connectivity index (χ2v) is 5.65. The lowest BCUT2D eigenvalue weighted by Gasteiger charge is -2.15. The van der Waals surface area contributed by atoms with Crippen LogP contribution in [0, 0.1) is 6.92 Å². The van der Waals surface area contributed by atoms with E-state index in [9.17, 15) is 4.79 Å². The van der Waals surface area contributed by atoms with E-state index in [1.807, 2.05) is 42.7 Å². The monoisotopic (exact) mass is 338 g/mol. The second kappa shape index (κ2) is 6.41. The smallest absolute Gasteiger partial charge is 0.240 e. The minimum absolute atomic E-state index is 0.0304. The highest BCUT2D eigenvalue weighted by Gasteiger charge is 2.15. The fraction of sp³-hybridized carbons (Fsp3) is 0.400. The Morgan fingerprint density at radius 3 is 2.80 bits per heavy atom. The summed E-state index contributed by atoms with van der Waals surface area (Å²) in [6, 6.07) is 7.81. The molecule has 1 aromatic heterocycles. The van der Waals surface area contributed by atoms with Gasteiger partial charge in [0.2, 0.25) is 5.91 Å². The van der Waals surface area contributed by atoms with Gasteiger partial charge in [0.05, 0.1) is 12.6 Å². The van der Waals surface area contributed by atoms with Crippen molar-refractivity contribution in [3.05, 3.63) is 34.4 Å². The number of carbonyl (C=O) groups is 1. The molecule has 2 rings (SSSR count). The molecule has 0 bridgehead atoms. The van der Waals surface area contributed by atoms with Gasteiger partial charge in [-0.2, -0.15) is 0 Å². The first-order valence-corrected chi connectivity index (χ1v) is 7.51. The normalized spacial score (nSPS) is 12.6. The number of rotatable bonds is 5. The average molecular weight is 339 g/mol. The third-order valence-electron chi connectivity index (χ3n) is 3.53. The number of aromatic nitrogens is 1. The van der Waals surface area contributed by atoms with Gasteiger partial charge in [0.1, 0.15) is 6.54 Å². The molecule has 1 atom stereocenters. The van der Waals surface area contributed by atoms with E-state index in [0.29, 0.717) is 0 Å². The third-order valence-corrected chi connectivity index (χ3v) is 4.53. The maximum Gasteiger partial charge on any atom is 0.240 e. The molecule has 1 unspecified atom stereocenters. The van der Waals surface area contributed by atoms with Gasteiger partial charge >= 0.3 is 0 Å². The lowest BCUT2D eigenvalue weighted by Crippen LogP contribution is -2.39. The highest BCUT2D eigenvalue weighted by atomic mass is 79.9. The van der Waals surface area contributed by atoms with Crippen molar-refractivity contribution >= 4 is 32.7 Å². The van der Waals surface area contributed by atoms with Gasteiger partial charge < -0.3 is 15.0 Å². The largest absolute Gasteiger partial charge is 0.394 e. The van der Waals surface area contributed by atoms with Crippen molar-refractivity contribution in [2.45, 2.75) is 32.9 Å². The van der Waals surface area contributed by atoms with Crippen LogP contribution in [0.15, 0.2) is 28.7 Å². The number of nitrogens with zero attached hydrogens (tertiary/aromatic N) is 1. The number of hydrogen-bond acceptors (Lipinski definition) is 2. The summed E-state index contributed by atoms with van der Waals surface area (Å²) in [4.78, 5) is 12.1. The molecule has 1 amide bonds. The number of nitrogens with one attached hydrogen (secondary N) is 1. The van der Waals surface area contributed by atoms with Gasteiger partial charge in [0.25, 0.3) is 0 Å². The molecule has 2 aromatic rings. The summed E-state index contributed by atoms with van der Waals surface area (Å²) in [6.07, 6.45) is 0.720. The van der Waals surface area contributed by atoms with Gasteiger partial charge in [-0.25, -0.2) is 0 Å². The molecule has 0 aliphatic heterocycles. The van der Waals surface area contributed by atoms with Crippen molar-refractivity contribution in [3.63, 3.8) is 0 Å². The van der Waals surface area contributed by atoms with Crippen LogP contribution in [0.2, 0.25) is 0 Å². The molecule has 108 valence electrons. The maximum absolute atomic E-state index is 12.1. The van der Waals surface area contributed by atoms with E-state index in [1.54, 1.807) is 0 Å². The molecule has 0 aliphatic rings. The maximum atomic E-state index is 12.1. The van der Waals surface area contributed by atoms with Crippen LogP contribution in [0.5, 0.6) is 0 Å². The molecule has 2 N–H and O–H groups in total. The van der Waals surface area contributed by atoms with Crippen LogP contribution in [-0.4, -0.2) is 28.2 Å². The number of hydrogen-bond donors (Lipinski definition) is 2. The molecule has 20 heavy (non-hydrogen) atoms. The fourth-order valence-electron chi connectivity index (χ4n) is 2.29. The summed E-state index contributed by atoms with van der Waals surface area (Å²) in [5.74, 6) is -0.0812. The Labute approximate surface area is 126 Å². The Hall–Kier alpha value is -1.33. The van der Waals surface area contributed by atoms with Crippen LogP contribution < -0.4 is 5.32 Å². The molecule has 0 fully saturated rings. The van der Waals surface area contributed by atoms with Gasteiger partial charge in [-0.05, 0) is 35.3 Å². The quantitative estimate of drug-likeness (QED) is 0.880. The van der Waals surface area contributed by atoms with Crippen LogP contribution in [0.3, 0.4) is 0 Å². The molecule has 5 heteroatoms. The first kappa shape index (κ1) is 15.1. The zero-order chi connectivity index (χ0) is 14.7. The highest BCUT2D eigenvalue weighted by Crippen LogP contribution is 2.30. The zero-order valence-electron chi connectivity index (χ0n) is 11.7. The third kappa shape index (κ3) is 2.88. The van der Waals surface area contributed by atoms with Gasteiger partial charge in [0.15, 0.2) is 0 Å². The van der Waals surface area contributed by atoms with Crippen LogP contribution in [0.25, 0.3) is 10.9 Å². The summed E-state index contributed by atoms with van der Waals surface area (Å²) in [5, 5.41) is 13.1. The molecule has 1 heterocycles. The topological polar surface area (TPSA) is 54.3 Å². The van der Waals surface area contributed by atoms with Crippen molar-refractivity contribution in [3.8, 4) is 0 Å². The molecule has 0 saturated heterocycles. The number of carbonyl (C=O) groups excluding carboxylic acids is 1. The molecule has 0 saturated carbocycles. The van der Waals surface area contributed by atoms with E-state index < -0.39 is 0 Å². The van der Waals surface area contributed by atoms with Gasteiger partial charge in [-0.1, -0.05) is 25.1 Å². The van der Waals surface area contributed by atoms with Crippen LogP contribution in [-0.2, 0) is 11.3 Å². The van der Waals surface area contributed by atoms with Crippen molar-refractivity contribution in [2.24, 2.45) is 0 Å². The standard InChI is InChI=1S/C15H19BrN2O2/c1-3-11(9-19)17-14(20)8-18-10(2)15(16)12-6-4-5-7-13(12)18/h4-7,11,19H,3,8-9H2,1-2H3,(H,17,20). The Morgan fingerprint density at radius 1 is 1.45 bits per heavy atom. The SMILES string of the molecule is CCC(CO)NC(=O)Cn1c(C)c(Br)c2ccccc21. The number of halogens is 1. The summed E-state index contributed by atoms with van der Waals surface area (Å²) in [5.41, 5.74) is 2.06. The van der Waals surface area contributed by atoms with Gasteiger partial charge in [0, 0.05) is 21.1 Å². The molecular formula is C15H19BrN2O2. The van der Waals surface area contributed by atoms with Crippen LogP contribution in [0.1, 0.15) is 19.0 Å².